The van der Waals surface area contributed by atoms with E-state index in [-0.39, 0.29) is 6.10 Å². The first kappa shape index (κ1) is 13.2. The van der Waals surface area contributed by atoms with Crippen LogP contribution in [0.25, 0.3) is 0 Å². The molecule has 1 N–H and O–H groups in total. The summed E-state index contributed by atoms with van der Waals surface area (Å²) < 4.78 is 0. The van der Waals surface area contributed by atoms with Gasteiger partial charge >= 0.3 is 0 Å². The van der Waals surface area contributed by atoms with Crippen LogP contribution >= 0.6 is 0 Å². The molecule has 0 heterocycles. The lowest BCUT2D eigenvalue weighted by Crippen LogP contribution is -2.12. The van der Waals surface area contributed by atoms with E-state index in [4.69, 9.17) is 0 Å². The lowest BCUT2D eigenvalue weighted by atomic mass is 9.87. The Bertz CT molecular complexity index is 316. The molecule has 0 saturated heterocycles. The average Bonchev–Trinajstić information content (AvgIpc) is 2.16. The fourth-order valence-corrected chi connectivity index (χ4v) is 2.13. The third-order valence-electron chi connectivity index (χ3n) is 3.14. The van der Waals surface area contributed by atoms with Crippen molar-refractivity contribution in [2.24, 2.45) is 5.92 Å². The van der Waals surface area contributed by atoms with Gasteiger partial charge in [-0.1, -0.05) is 41.9 Å². The zero-order valence-corrected chi connectivity index (χ0v) is 11.0. The van der Waals surface area contributed by atoms with Crippen molar-refractivity contribution in [3.05, 3.63) is 34.9 Å². The normalized spacial score (nSPS) is 19.6. The van der Waals surface area contributed by atoms with Crippen LogP contribution < -0.4 is 0 Å². The number of aliphatic hydroxyl groups is 1. The molecule has 16 heavy (non-hydrogen) atoms. The highest BCUT2D eigenvalue weighted by molar-refractivity contribution is 5.24. The van der Waals surface area contributed by atoms with Crippen LogP contribution in [0.3, 0.4) is 0 Å². The van der Waals surface area contributed by atoms with E-state index in [1.165, 1.54) is 23.1 Å². The minimum absolute atomic E-state index is 0.298. The summed E-state index contributed by atoms with van der Waals surface area (Å²) in [7, 11) is 0. The summed E-state index contributed by atoms with van der Waals surface area (Å²) in [6.07, 6.45) is 9.26. The van der Waals surface area contributed by atoms with Crippen molar-refractivity contribution in [3.63, 3.8) is 0 Å². The second kappa shape index (κ2) is 6.05. The summed E-state index contributed by atoms with van der Waals surface area (Å²) in [6, 6.07) is 0. The van der Waals surface area contributed by atoms with Crippen molar-refractivity contribution in [1.82, 2.24) is 0 Å². The minimum atomic E-state index is -0.298. The van der Waals surface area contributed by atoms with E-state index in [1.54, 1.807) is 0 Å². The van der Waals surface area contributed by atoms with Gasteiger partial charge in [0.2, 0.25) is 0 Å². The predicted octanol–water partition coefficient (Wildman–Crippen LogP) is 4.01. The lowest BCUT2D eigenvalue weighted by Gasteiger charge is -2.20. The third kappa shape index (κ3) is 4.36. The molecule has 1 unspecified atom stereocenters. The number of hydrogen-bond acceptors (Lipinski definition) is 1. The van der Waals surface area contributed by atoms with Crippen molar-refractivity contribution in [1.29, 1.82) is 0 Å². The molecule has 0 aliphatic heterocycles. The van der Waals surface area contributed by atoms with E-state index in [9.17, 15) is 5.11 Å². The Kier molecular flexibility index (Phi) is 5.01. The van der Waals surface area contributed by atoms with Gasteiger partial charge < -0.3 is 5.11 Å². The first-order valence-corrected chi connectivity index (χ1v) is 6.18. The smallest absolute Gasteiger partial charge is 0.0728 e. The van der Waals surface area contributed by atoms with Crippen molar-refractivity contribution in [2.45, 2.75) is 53.1 Å². The summed E-state index contributed by atoms with van der Waals surface area (Å²) in [5.41, 5.74) is 4.13. The SMILES string of the molecule is CC(C)=CC(O)C[C@H](C)C1=CC=C(C)CC1. The van der Waals surface area contributed by atoms with Crippen LogP contribution in [-0.4, -0.2) is 11.2 Å². The Morgan fingerprint density at radius 1 is 1.38 bits per heavy atom. The minimum Gasteiger partial charge on any atom is -0.389 e. The molecule has 0 aromatic carbocycles. The summed E-state index contributed by atoms with van der Waals surface area (Å²) in [5, 5.41) is 9.85. The molecule has 0 fully saturated rings. The van der Waals surface area contributed by atoms with Gasteiger partial charge in [-0.25, -0.2) is 0 Å². The highest BCUT2D eigenvalue weighted by Gasteiger charge is 2.14. The van der Waals surface area contributed by atoms with E-state index in [1.807, 2.05) is 19.9 Å². The molecular weight excluding hydrogens is 196 g/mol. The van der Waals surface area contributed by atoms with E-state index in [0.29, 0.717) is 5.92 Å². The summed E-state index contributed by atoms with van der Waals surface area (Å²) >= 11 is 0. The van der Waals surface area contributed by atoms with Gasteiger partial charge in [0.25, 0.3) is 0 Å². The zero-order chi connectivity index (χ0) is 12.1. The van der Waals surface area contributed by atoms with Gasteiger partial charge in [0.1, 0.15) is 0 Å². The van der Waals surface area contributed by atoms with Gasteiger partial charge in [-0.3, -0.25) is 0 Å². The van der Waals surface area contributed by atoms with Crippen LogP contribution in [0.4, 0.5) is 0 Å². The Morgan fingerprint density at radius 3 is 2.56 bits per heavy atom. The van der Waals surface area contributed by atoms with Crippen molar-refractivity contribution >= 4 is 0 Å². The predicted molar refractivity (Wildman–Crippen MR) is 70.3 cm³/mol. The second-order valence-corrected chi connectivity index (χ2v) is 5.20. The largest absolute Gasteiger partial charge is 0.389 e. The quantitative estimate of drug-likeness (QED) is 0.710. The van der Waals surface area contributed by atoms with Crippen molar-refractivity contribution in [3.8, 4) is 0 Å². The molecule has 0 spiro atoms. The van der Waals surface area contributed by atoms with Crippen LogP contribution in [-0.2, 0) is 0 Å². The number of hydrogen-bond donors (Lipinski definition) is 1. The van der Waals surface area contributed by atoms with Gasteiger partial charge in [-0.05, 0) is 46.0 Å². The van der Waals surface area contributed by atoms with E-state index in [0.717, 1.165) is 12.8 Å². The molecule has 1 rings (SSSR count). The Balaban J connectivity index is 2.53. The fraction of sp³-hybridized carbons (Fsp3) is 0.600. The maximum atomic E-state index is 9.85. The van der Waals surface area contributed by atoms with Crippen molar-refractivity contribution < 1.29 is 5.11 Å². The maximum Gasteiger partial charge on any atom is 0.0728 e. The molecule has 2 atom stereocenters. The van der Waals surface area contributed by atoms with Gasteiger partial charge in [0.15, 0.2) is 0 Å². The first-order valence-electron chi connectivity index (χ1n) is 6.18. The molecule has 1 nitrogen and oxygen atoms in total. The molecule has 1 aliphatic rings. The molecule has 0 aromatic heterocycles. The topological polar surface area (TPSA) is 20.2 Å². The van der Waals surface area contributed by atoms with Crippen LogP contribution in [0.1, 0.15) is 47.0 Å². The van der Waals surface area contributed by atoms with E-state index >= 15 is 0 Å². The zero-order valence-electron chi connectivity index (χ0n) is 11.0. The molecule has 0 saturated carbocycles. The van der Waals surface area contributed by atoms with Gasteiger partial charge in [0.05, 0.1) is 6.10 Å². The molecule has 0 radical (unpaired) electrons. The number of rotatable bonds is 4. The maximum absolute atomic E-state index is 9.85. The van der Waals surface area contributed by atoms with Crippen molar-refractivity contribution in [2.75, 3.05) is 0 Å². The Morgan fingerprint density at radius 2 is 2.06 bits per heavy atom. The number of aliphatic hydroxyl groups excluding tert-OH is 1. The molecule has 0 aromatic rings. The lowest BCUT2D eigenvalue weighted by molar-refractivity contribution is 0.196. The second-order valence-electron chi connectivity index (χ2n) is 5.20. The molecule has 90 valence electrons. The van der Waals surface area contributed by atoms with Gasteiger partial charge in [0, 0.05) is 0 Å². The Hall–Kier alpha value is -0.820. The fourth-order valence-electron chi connectivity index (χ4n) is 2.13. The van der Waals surface area contributed by atoms with E-state index in [2.05, 4.69) is 26.0 Å². The van der Waals surface area contributed by atoms with Gasteiger partial charge in [-0.2, -0.15) is 0 Å². The highest BCUT2D eigenvalue weighted by Crippen LogP contribution is 2.27. The Labute approximate surface area is 99.6 Å². The molecular formula is C15H24O. The third-order valence-corrected chi connectivity index (χ3v) is 3.14. The number of allylic oxidation sites excluding steroid dienone is 5. The summed E-state index contributed by atoms with van der Waals surface area (Å²) in [5.74, 6) is 0.481. The summed E-state index contributed by atoms with van der Waals surface area (Å²) in [6.45, 7) is 8.44. The average molecular weight is 220 g/mol. The van der Waals surface area contributed by atoms with Crippen LogP contribution in [0.2, 0.25) is 0 Å². The van der Waals surface area contributed by atoms with Crippen LogP contribution in [0.5, 0.6) is 0 Å². The summed E-state index contributed by atoms with van der Waals surface area (Å²) in [4.78, 5) is 0. The molecule has 1 heteroatoms. The molecule has 0 amide bonds. The highest BCUT2D eigenvalue weighted by atomic mass is 16.3. The first-order chi connectivity index (χ1) is 7.49. The molecule has 1 aliphatic carbocycles. The van der Waals surface area contributed by atoms with E-state index < -0.39 is 0 Å². The van der Waals surface area contributed by atoms with Crippen LogP contribution in [0, 0.1) is 5.92 Å². The molecule has 0 bridgehead atoms. The monoisotopic (exact) mass is 220 g/mol. The standard InChI is InChI=1S/C15H24O/c1-11(2)9-15(16)10-13(4)14-7-5-12(3)6-8-14/h5,7,9,13,15-16H,6,8,10H2,1-4H3/t13-,15?/m0/s1. The van der Waals surface area contributed by atoms with Crippen LogP contribution in [0.15, 0.2) is 34.9 Å². The van der Waals surface area contributed by atoms with Gasteiger partial charge in [-0.15, -0.1) is 0 Å².